The van der Waals surface area contributed by atoms with Crippen molar-refractivity contribution in [3.8, 4) is 0 Å². The van der Waals surface area contributed by atoms with Crippen LogP contribution in [0.5, 0.6) is 0 Å². The number of morpholine rings is 1. The molecule has 0 saturated carbocycles. The Hall–Kier alpha value is -1.82. The number of carbonyl (C=O) groups is 1. The van der Waals surface area contributed by atoms with Crippen molar-refractivity contribution in [1.82, 2.24) is 14.1 Å². The number of ether oxygens (including phenoxy) is 1. The van der Waals surface area contributed by atoms with Crippen molar-refractivity contribution in [1.29, 1.82) is 0 Å². The van der Waals surface area contributed by atoms with Crippen molar-refractivity contribution >= 4 is 33.0 Å². The molecule has 2 fully saturated rings. The number of amides is 1. The van der Waals surface area contributed by atoms with Crippen molar-refractivity contribution in [2.24, 2.45) is 0 Å². The minimum absolute atomic E-state index is 0.128. The lowest BCUT2D eigenvalue weighted by Crippen LogP contribution is -2.52. The number of benzene rings is 1. The summed E-state index contributed by atoms with van der Waals surface area (Å²) in [7, 11) is -3.60. The Morgan fingerprint density at radius 1 is 1.12 bits per heavy atom. The molecule has 2 saturated heterocycles. The molecule has 1 amide bonds. The van der Waals surface area contributed by atoms with Crippen molar-refractivity contribution in [2.45, 2.75) is 24.4 Å². The smallest absolute Gasteiger partial charge is 0.243 e. The third kappa shape index (κ3) is 5.56. The first-order valence-corrected chi connectivity index (χ1v) is 13.3. The number of carbonyl (C=O) groups excluding carboxylic acids is 1. The van der Waals surface area contributed by atoms with Gasteiger partial charge in [0.15, 0.2) is 0 Å². The summed E-state index contributed by atoms with van der Waals surface area (Å²) in [6.07, 6.45) is 0. The molecule has 0 bridgehead atoms. The SMILES string of the molecule is C[C@H](C(=O)Nc1cccc(S(=O)(=O)N2CCOCC2)c1)N1CCN(Cc2ccsc2)CC1. The molecule has 174 valence electrons. The van der Waals surface area contributed by atoms with Crippen LogP contribution in [-0.2, 0) is 26.1 Å². The van der Waals surface area contributed by atoms with Gasteiger partial charge in [-0.25, -0.2) is 8.42 Å². The van der Waals surface area contributed by atoms with Gasteiger partial charge >= 0.3 is 0 Å². The van der Waals surface area contributed by atoms with Gasteiger partial charge in [0.1, 0.15) is 0 Å². The summed E-state index contributed by atoms with van der Waals surface area (Å²) >= 11 is 1.71. The Labute approximate surface area is 193 Å². The third-order valence-corrected chi connectivity index (χ3v) is 8.66. The van der Waals surface area contributed by atoms with Gasteiger partial charge in [-0.05, 0) is 47.5 Å². The van der Waals surface area contributed by atoms with Gasteiger partial charge in [0, 0.05) is 51.5 Å². The molecule has 2 aliphatic heterocycles. The zero-order chi connectivity index (χ0) is 22.6. The topological polar surface area (TPSA) is 82.2 Å². The van der Waals surface area contributed by atoms with Crippen LogP contribution in [0.25, 0.3) is 0 Å². The first-order valence-electron chi connectivity index (χ1n) is 10.9. The maximum Gasteiger partial charge on any atom is 0.243 e. The van der Waals surface area contributed by atoms with Gasteiger partial charge in [0.2, 0.25) is 15.9 Å². The van der Waals surface area contributed by atoms with Crippen LogP contribution in [0, 0.1) is 0 Å². The molecule has 0 spiro atoms. The number of sulfonamides is 1. The Morgan fingerprint density at radius 2 is 1.88 bits per heavy atom. The quantitative estimate of drug-likeness (QED) is 0.655. The van der Waals surface area contributed by atoms with Gasteiger partial charge < -0.3 is 10.1 Å². The van der Waals surface area contributed by atoms with Crippen molar-refractivity contribution < 1.29 is 17.9 Å². The highest BCUT2D eigenvalue weighted by atomic mass is 32.2. The maximum atomic E-state index is 12.9. The van der Waals surface area contributed by atoms with E-state index < -0.39 is 10.0 Å². The molecule has 8 nitrogen and oxygen atoms in total. The minimum atomic E-state index is -3.60. The fourth-order valence-electron chi connectivity index (χ4n) is 4.03. The van der Waals surface area contributed by atoms with Gasteiger partial charge in [-0.1, -0.05) is 6.07 Å². The number of nitrogens with zero attached hydrogens (tertiary/aromatic N) is 3. The van der Waals surface area contributed by atoms with E-state index in [1.165, 1.54) is 15.9 Å². The molecule has 1 N–H and O–H groups in total. The number of piperazine rings is 1. The highest BCUT2D eigenvalue weighted by Gasteiger charge is 2.28. The molecule has 32 heavy (non-hydrogen) atoms. The maximum absolute atomic E-state index is 12.9. The highest BCUT2D eigenvalue weighted by molar-refractivity contribution is 7.89. The summed E-state index contributed by atoms with van der Waals surface area (Å²) in [6.45, 7) is 7.81. The van der Waals surface area contributed by atoms with E-state index in [1.807, 2.05) is 6.92 Å². The van der Waals surface area contributed by atoms with Crippen LogP contribution in [0.3, 0.4) is 0 Å². The first kappa shape index (κ1) is 23.3. The Bertz CT molecular complexity index is 999. The van der Waals surface area contributed by atoms with E-state index in [-0.39, 0.29) is 16.8 Å². The van der Waals surface area contributed by atoms with Gasteiger partial charge in [0.05, 0.1) is 24.2 Å². The molecule has 0 aliphatic carbocycles. The first-order chi connectivity index (χ1) is 15.4. The molecular formula is C22H30N4O4S2. The van der Waals surface area contributed by atoms with Gasteiger partial charge in [-0.15, -0.1) is 0 Å². The fraction of sp³-hybridized carbons (Fsp3) is 0.500. The average molecular weight is 479 g/mol. The Balaban J connectivity index is 1.33. The number of hydrogen-bond donors (Lipinski definition) is 1. The molecule has 2 aliphatic rings. The van der Waals surface area contributed by atoms with E-state index in [9.17, 15) is 13.2 Å². The van der Waals surface area contributed by atoms with Gasteiger partial charge in [-0.2, -0.15) is 15.6 Å². The molecule has 10 heteroatoms. The molecular weight excluding hydrogens is 448 g/mol. The van der Waals surface area contributed by atoms with Crippen LogP contribution in [-0.4, -0.2) is 87.0 Å². The van der Waals surface area contributed by atoms with Crippen LogP contribution in [0.2, 0.25) is 0 Å². The van der Waals surface area contributed by atoms with E-state index in [0.29, 0.717) is 32.0 Å². The van der Waals surface area contributed by atoms with E-state index in [4.69, 9.17) is 4.74 Å². The van der Waals surface area contributed by atoms with E-state index >= 15 is 0 Å². The van der Waals surface area contributed by atoms with Crippen LogP contribution >= 0.6 is 11.3 Å². The predicted molar refractivity (Wildman–Crippen MR) is 125 cm³/mol. The zero-order valence-corrected chi connectivity index (χ0v) is 19.9. The number of hydrogen-bond acceptors (Lipinski definition) is 7. The summed E-state index contributed by atoms with van der Waals surface area (Å²) in [5.41, 5.74) is 1.83. The second-order valence-electron chi connectivity index (χ2n) is 8.15. The summed E-state index contributed by atoms with van der Waals surface area (Å²) in [5, 5.41) is 7.17. The van der Waals surface area contributed by atoms with Crippen LogP contribution < -0.4 is 5.32 Å². The molecule has 0 radical (unpaired) electrons. The normalized spacial score (nSPS) is 20.2. The number of nitrogens with one attached hydrogen (secondary N) is 1. The van der Waals surface area contributed by atoms with Crippen LogP contribution in [0.4, 0.5) is 5.69 Å². The highest BCUT2D eigenvalue weighted by Crippen LogP contribution is 2.21. The fourth-order valence-corrected chi connectivity index (χ4v) is 6.15. The van der Waals surface area contributed by atoms with Crippen molar-refractivity contribution in [2.75, 3.05) is 57.8 Å². The van der Waals surface area contributed by atoms with E-state index in [1.54, 1.807) is 29.5 Å². The lowest BCUT2D eigenvalue weighted by Gasteiger charge is -2.37. The van der Waals surface area contributed by atoms with E-state index in [2.05, 4.69) is 31.9 Å². The molecule has 4 rings (SSSR count). The van der Waals surface area contributed by atoms with Gasteiger partial charge in [-0.3, -0.25) is 14.6 Å². The van der Waals surface area contributed by atoms with Crippen LogP contribution in [0.15, 0.2) is 46.0 Å². The standard InChI is InChI=1S/C22H30N4O4S2/c1-18(25-8-6-24(7-9-25)16-19-5-14-31-17-19)22(27)23-20-3-2-4-21(15-20)32(28,29)26-10-12-30-13-11-26/h2-5,14-15,17-18H,6-13,16H2,1H3,(H,23,27)/t18-/m1/s1. The Kier molecular flexibility index (Phi) is 7.59. The third-order valence-electron chi connectivity index (χ3n) is 6.03. The summed E-state index contributed by atoms with van der Waals surface area (Å²) in [6, 6.07) is 8.35. The van der Waals surface area contributed by atoms with Crippen molar-refractivity contribution in [3.05, 3.63) is 46.7 Å². The number of thiophene rings is 1. The largest absolute Gasteiger partial charge is 0.379 e. The van der Waals surface area contributed by atoms with Gasteiger partial charge in [0.25, 0.3) is 0 Å². The second kappa shape index (κ2) is 10.4. The Morgan fingerprint density at radius 3 is 2.56 bits per heavy atom. The predicted octanol–water partition coefficient (Wildman–Crippen LogP) is 1.91. The molecule has 1 atom stereocenters. The minimum Gasteiger partial charge on any atom is -0.379 e. The molecule has 1 aromatic heterocycles. The molecule has 0 unspecified atom stereocenters. The number of anilines is 1. The zero-order valence-electron chi connectivity index (χ0n) is 18.3. The van der Waals surface area contributed by atoms with E-state index in [0.717, 1.165) is 32.7 Å². The lowest BCUT2D eigenvalue weighted by atomic mass is 10.2. The summed E-state index contributed by atoms with van der Waals surface area (Å²) < 4.78 is 32.5. The lowest BCUT2D eigenvalue weighted by molar-refractivity contribution is -0.121. The number of rotatable bonds is 7. The molecule has 2 aromatic rings. The monoisotopic (exact) mass is 478 g/mol. The molecule has 3 heterocycles. The average Bonchev–Trinajstić information content (AvgIpc) is 3.33. The van der Waals surface area contributed by atoms with Crippen molar-refractivity contribution in [3.63, 3.8) is 0 Å². The summed E-state index contributed by atoms with van der Waals surface area (Å²) in [5.74, 6) is -0.128. The second-order valence-corrected chi connectivity index (χ2v) is 10.9. The van der Waals surface area contributed by atoms with Crippen LogP contribution in [0.1, 0.15) is 12.5 Å². The summed E-state index contributed by atoms with van der Waals surface area (Å²) in [4.78, 5) is 17.6. The molecule has 1 aromatic carbocycles.